The summed E-state index contributed by atoms with van der Waals surface area (Å²) >= 11 is 0. The van der Waals surface area contributed by atoms with Gasteiger partial charge in [0.15, 0.2) is 11.5 Å². The Kier molecular flexibility index (Phi) is 12.5. The minimum absolute atomic E-state index is 0.0492. The van der Waals surface area contributed by atoms with Crippen LogP contribution in [0.4, 0.5) is 5.69 Å². The SMILES string of the molecule is CCOc1ccc(N(CC(=O)N(Cc2cccc(OC)c2)[C@@H](CC)C(=O)NC(C)C)S(=O)(=O)c2ccc(OC)c(OC)c2)cc1. The van der Waals surface area contributed by atoms with E-state index < -0.39 is 28.5 Å². The van der Waals surface area contributed by atoms with Gasteiger partial charge in [-0.3, -0.25) is 13.9 Å². The smallest absolute Gasteiger partial charge is 0.264 e. The zero-order valence-electron chi connectivity index (χ0n) is 26.9. The van der Waals surface area contributed by atoms with E-state index in [1.807, 2.05) is 26.8 Å². The second-order valence-electron chi connectivity index (χ2n) is 10.4. The monoisotopic (exact) mass is 641 g/mol. The van der Waals surface area contributed by atoms with Gasteiger partial charge in [-0.2, -0.15) is 0 Å². The summed E-state index contributed by atoms with van der Waals surface area (Å²) in [6, 6.07) is 16.8. The summed E-state index contributed by atoms with van der Waals surface area (Å²) in [7, 11) is 0.0707. The van der Waals surface area contributed by atoms with Crippen LogP contribution in [0.2, 0.25) is 0 Å². The first-order chi connectivity index (χ1) is 21.5. The highest BCUT2D eigenvalue weighted by Gasteiger charge is 2.34. The van der Waals surface area contributed by atoms with E-state index in [-0.39, 0.29) is 34.8 Å². The number of nitrogens with zero attached hydrogens (tertiary/aromatic N) is 2. The van der Waals surface area contributed by atoms with Crippen molar-refractivity contribution in [3.63, 3.8) is 0 Å². The van der Waals surface area contributed by atoms with E-state index in [0.717, 1.165) is 4.31 Å². The molecule has 244 valence electrons. The predicted octanol–water partition coefficient (Wildman–Crippen LogP) is 4.64. The fourth-order valence-electron chi connectivity index (χ4n) is 4.78. The molecule has 2 amide bonds. The van der Waals surface area contributed by atoms with Gasteiger partial charge in [-0.25, -0.2) is 8.42 Å². The fourth-order valence-corrected chi connectivity index (χ4v) is 6.21. The van der Waals surface area contributed by atoms with Crippen LogP contribution in [0.1, 0.15) is 39.7 Å². The average molecular weight is 642 g/mol. The van der Waals surface area contributed by atoms with E-state index in [1.54, 1.807) is 56.5 Å². The maximum absolute atomic E-state index is 14.3. The zero-order valence-corrected chi connectivity index (χ0v) is 27.7. The van der Waals surface area contributed by atoms with E-state index in [1.165, 1.54) is 37.3 Å². The molecular weight excluding hydrogens is 598 g/mol. The minimum Gasteiger partial charge on any atom is -0.497 e. The highest BCUT2D eigenvalue weighted by Crippen LogP contribution is 2.33. The molecule has 3 aromatic rings. The summed E-state index contributed by atoms with van der Waals surface area (Å²) in [5, 5.41) is 2.89. The molecule has 0 unspecified atom stereocenters. The Morgan fingerprint density at radius 3 is 2.11 bits per heavy atom. The molecule has 0 saturated heterocycles. The molecule has 0 aliphatic heterocycles. The summed E-state index contributed by atoms with van der Waals surface area (Å²) in [6.07, 6.45) is 0.305. The van der Waals surface area contributed by atoms with Gasteiger partial charge < -0.3 is 29.2 Å². The highest BCUT2D eigenvalue weighted by atomic mass is 32.2. The molecule has 12 heteroatoms. The van der Waals surface area contributed by atoms with Crippen molar-refractivity contribution in [1.29, 1.82) is 0 Å². The zero-order chi connectivity index (χ0) is 33.1. The molecule has 3 rings (SSSR count). The predicted molar refractivity (Wildman–Crippen MR) is 173 cm³/mol. The standard InChI is InChI=1S/C33H43N3O8S/c1-8-29(33(38)34-23(3)4)35(21-24-11-10-12-27(19-24)41-5)32(37)22-36(25-13-15-26(16-14-25)44-9-2)45(39,40)28-17-18-30(42-6)31(20-28)43-7/h10-20,23,29H,8-9,21-22H2,1-7H3,(H,34,38)/t29-/m0/s1. The normalized spacial score (nSPS) is 11.8. The Morgan fingerprint density at radius 2 is 1.53 bits per heavy atom. The van der Waals surface area contributed by atoms with Gasteiger partial charge in [0.05, 0.1) is 38.5 Å². The van der Waals surface area contributed by atoms with Crippen LogP contribution in [-0.2, 0) is 26.2 Å². The second-order valence-corrected chi connectivity index (χ2v) is 12.3. The van der Waals surface area contributed by atoms with Crippen molar-refractivity contribution in [3.8, 4) is 23.0 Å². The van der Waals surface area contributed by atoms with Crippen molar-refractivity contribution in [2.45, 2.75) is 57.6 Å². The van der Waals surface area contributed by atoms with Crippen molar-refractivity contribution < 1.29 is 37.0 Å². The Hall–Kier alpha value is -4.45. The molecule has 3 aromatic carbocycles. The number of rotatable bonds is 16. The molecule has 0 saturated carbocycles. The van der Waals surface area contributed by atoms with E-state index in [0.29, 0.717) is 35.8 Å². The van der Waals surface area contributed by atoms with Crippen LogP contribution >= 0.6 is 0 Å². The summed E-state index contributed by atoms with van der Waals surface area (Å²) in [6.45, 7) is 7.22. The molecule has 0 radical (unpaired) electrons. The van der Waals surface area contributed by atoms with Crippen LogP contribution in [0, 0.1) is 0 Å². The molecule has 0 aliphatic rings. The number of carbonyl (C=O) groups is 2. The van der Waals surface area contributed by atoms with Gasteiger partial charge in [0.25, 0.3) is 10.0 Å². The van der Waals surface area contributed by atoms with Gasteiger partial charge in [0, 0.05) is 18.7 Å². The van der Waals surface area contributed by atoms with Crippen LogP contribution in [0.3, 0.4) is 0 Å². The first-order valence-electron chi connectivity index (χ1n) is 14.7. The van der Waals surface area contributed by atoms with E-state index in [4.69, 9.17) is 18.9 Å². The van der Waals surface area contributed by atoms with Crippen LogP contribution in [0.25, 0.3) is 0 Å². The number of carbonyl (C=O) groups excluding carboxylic acids is 2. The number of sulfonamides is 1. The summed E-state index contributed by atoms with van der Waals surface area (Å²) in [5.41, 5.74) is 0.955. The van der Waals surface area contributed by atoms with Gasteiger partial charge in [-0.15, -0.1) is 0 Å². The molecule has 1 atom stereocenters. The lowest BCUT2D eigenvalue weighted by Crippen LogP contribution is -2.53. The van der Waals surface area contributed by atoms with Crippen molar-refractivity contribution in [2.24, 2.45) is 0 Å². The third-order valence-corrected chi connectivity index (χ3v) is 8.73. The van der Waals surface area contributed by atoms with Crippen LogP contribution < -0.4 is 28.6 Å². The molecule has 0 fully saturated rings. The number of hydrogen-bond acceptors (Lipinski definition) is 8. The van der Waals surface area contributed by atoms with Gasteiger partial charge >= 0.3 is 0 Å². The number of ether oxygens (including phenoxy) is 4. The molecule has 1 N–H and O–H groups in total. The lowest BCUT2D eigenvalue weighted by atomic mass is 10.1. The highest BCUT2D eigenvalue weighted by molar-refractivity contribution is 7.92. The Labute approximate surface area is 266 Å². The van der Waals surface area contributed by atoms with E-state index in [2.05, 4.69) is 5.32 Å². The summed E-state index contributed by atoms with van der Waals surface area (Å²) in [5.74, 6) is 0.804. The van der Waals surface area contributed by atoms with Crippen LogP contribution in [-0.4, -0.2) is 71.7 Å². The number of anilines is 1. The van der Waals surface area contributed by atoms with Crippen LogP contribution in [0.15, 0.2) is 71.6 Å². The first-order valence-corrected chi connectivity index (χ1v) is 16.1. The Morgan fingerprint density at radius 1 is 0.844 bits per heavy atom. The van der Waals surface area contributed by atoms with Gasteiger partial charge in [0.2, 0.25) is 11.8 Å². The van der Waals surface area contributed by atoms with Crippen LogP contribution in [0.5, 0.6) is 23.0 Å². The number of nitrogens with one attached hydrogen (secondary N) is 1. The number of benzene rings is 3. The molecule has 0 aromatic heterocycles. The number of methoxy groups -OCH3 is 3. The van der Waals surface area contributed by atoms with E-state index in [9.17, 15) is 18.0 Å². The molecule has 0 bridgehead atoms. The van der Waals surface area contributed by atoms with Crippen molar-refractivity contribution >= 4 is 27.5 Å². The van der Waals surface area contributed by atoms with Gasteiger partial charge in [0.1, 0.15) is 24.1 Å². The first kappa shape index (κ1) is 35.0. The second kappa shape index (κ2) is 16.0. The lowest BCUT2D eigenvalue weighted by molar-refractivity contribution is -0.140. The summed E-state index contributed by atoms with van der Waals surface area (Å²) in [4.78, 5) is 28.9. The minimum atomic E-state index is -4.33. The largest absolute Gasteiger partial charge is 0.497 e. The number of hydrogen-bond donors (Lipinski definition) is 1. The van der Waals surface area contributed by atoms with Gasteiger partial charge in [-0.05, 0) is 81.3 Å². The maximum Gasteiger partial charge on any atom is 0.264 e. The Balaban J connectivity index is 2.12. The topological polar surface area (TPSA) is 124 Å². The average Bonchev–Trinajstić information content (AvgIpc) is 3.03. The third-order valence-electron chi connectivity index (χ3n) is 6.96. The molecule has 45 heavy (non-hydrogen) atoms. The summed E-state index contributed by atoms with van der Waals surface area (Å²) < 4.78 is 51.1. The molecule has 0 heterocycles. The van der Waals surface area contributed by atoms with Crippen molar-refractivity contribution in [3.05, 3.63) is 72.3 Å². The third kappa shape index (κ3) is 8.81. The van der Waals surface area contributed by atoms with Crippen molar-refractivity contribution in [2.75, 3.05) is 38.8 Å². The molecular formula is C33H43N3O8S. The molecule has 0 spiro atoms. The fraction of sp³-hybridized carbons (Fsp3) is 0.394. The molecule has 11 nitrogen and oxygen atoms in total. The van der Waals surface area contributed by atoms with Gasteiger partial charge in [-0.1, -0.05) is 19.1 Å². The van der Waals surface area contributed by atoms with E-state index >= 15 is 0 Å². The number of amides is 2. The quantitative estimate of drug-likeness (QED) is 0.240. The Bertz CT molecular complexity index is 1540. The lowest BCUT2D eigenvalue weighted by Gasteiger charge is -2.33. The van der Waals surface area contributed by atoms with Crippen molar-refractivity contribution in [1.82, 2.24) is 10.2 Å². The maximum atomic E-state index is 14.3. The molecule has 0 aliphatic carbocycles.